The van der Waals surface area contributed by atoms with E-state index in [4.69, 9.17) is 0 Å². The van der Waals surface area contributed by atoms with E-state index in [1.54, 1.807) is 43.8 Å². The van der Waals surface area contributed by atoms with Crippen LogP contribution in [0.1, 0.15) is 178 Å². The molecule has 0 saturated heterocycles. The molecule has 0 spiro atoms. The summed E-state index contributed by atoms with van der Waals surface area (Å²) in [6, 6.07) is 13.9. The fourth-order valence-corrected chi connectivity index (χ4v) is 10.3. The highest BCUT2D eigenvalue weighted by molar-refractivity contribution is 6.46. The van der Waals surface area contributed by atoms with Crippen LogP contribution >= 0.6 is 0 Å². The van der Waals surface area contributed by atoms with Crippen LogP contribution < -0.4 is 9.96 Å². The molecule has 2 aromatic carbocycles. The highest BCUT2D eigenvalue weighted by atomic mass is 28.2. The van der Waals surface area contributed by atoms with E-state index in [1.165, 1.54) is 88.2 Å². The second-order valence-electron chi connectivity index (χ2n) is 16.4. The van der Waals surface area contributed by atoms with Gasteiger partial charge in [-0.3, -0.25) is 0 Å². The van der Waals surface area contributed by atoms with Gasteiger partial charge in [-0.2, -0.15) is 0 Å². The van der Waals surface area contributed by atoms with E-state index in [1.807, 2.05) is 0 Å². The lowest BCUT2D eigenvalue weighted by molar-refractivity contribution is 0.519. The molecule has 0 aromatic heterocycles. The monoisotopic (exact) mass is 652 g/mol. The molecule has 2 nitrogen and oxygen atoms in total. The first kappa shape index (κ1) is 37.1. The minimum atomic E-state index is 0.158. The lowest BCUT2D eigenvalue weighted by Gasteiger charge is -2.23. The highest BCUT2D eigenvalue weighted by Gasteiger charge is 2.32. The quantitative estimate of drug-likeness (QED) is 0.131. The molecule has 0 saturated carbocycles. The third-order valence-electron chi connectivity index (χ3n) is 10.00. The van der Waals surface area contributed by atoms with Crippen molar-refractivity contribution in [1.82, 2.24) is 9.96 Å². The molecule has 2 atom stereocenters. The zero-order chi connectivity index (χ0) is 33.5. The van der Waals surface area contributed by atoms with Crippen LogP contribution in [0.15, 0.2) is 46.8 Å². The standard InChI is InChI=1S/C42H64N2Si2/c1-29-23-21-27-33-35(39(31(3)37(29)33)45-43-41(5,6)7)25-19-17-15-13-11-12-14-16-18-20-26-36-34-28-22-24-30(2)38(34)32(4)40(36)46-44-42(8,9)10/h21-24,27-28,35-36,43-44H,11-20,25-26H2,1-10H3. The number of aryl methyl sites for hydroxylation is 2. The Morgan fingerprint density at radius 3 is 1.15 bits per heavy atom. The molecule has 2 N–H and O–H groups in total. The summed E-state index contributed by atoms with van der Waals surface area (Å²) in [7, 11) is 1.43. The van der Waals surface area contributed by atoms with Gasteiger partial charge in [-0.25, -0.2) is 0 Å². The van der Waals surface area contributed by atoms with Crippen molar-refractivity contribution < 1.29 is 0 Å². The van der Waals surface area contributed by atoms with Gasteiger partial charge in [0.1, 0.15) is 0 Å². The van der Waals surface area contributed by atoms with E-state index >= 15 is 0 Å². The maximum absolute atomic E-state index is 3.82. The van der Waals surface area contributed by atoms with Crippen molar-refractivity contribution >= 4 is 30.5 Å². The maximum atomic E-state index is 3.82. The summed E-state index contributed by atoms with van der Waals surface area (Å²) in [5, 5.41) is 3.33. The van der Waals surface area contributed by atoms with Crippen LogP contribution in [-0.2, 0) is 0 Å². The number of hydrogen-bond acceptors (Lipinski definition) is 2. The number of allylic oxidation sites excluding steroid dienone is 4. The zero-order valence-corrected chi connectivity index (χ0v) is 33.1. The number of hydrogen-bond donors (Lipinski definition) is 2. The lowest BCUT2D eigenvalue weighted by Crippen LogP contribution is -2.40. The van der Waals surface area contributed by atoms with Gasteiger partial charge in [-0.15, -0.1) is 0 Å². The molecule has 0 amide bonds. The summed E-state index contributed by atoms with van der Waals surface area (Å²) < 4.78 is 0. The van der Waals surface area contributed by atoms with E-state index in [0.29, 0.717) is 31.2 Å². The van der Waals surface area contributed by atoms with Crippen molar-refractivity contribution in [1.29, 1.82) is 0 Å². The predicted molar refractivity (Wildman–Crippen MR) is 206 cm³/mol. The van der Waals surface area contributed by atoms with Gasteiger partial charge in [0.05, 0.1) is 0 Å². The van der Waals surface area contributed by atoms with Gasteiger partial charge in [-0.1, -0.05) is 111 Å². The zero-order valence-electron chi connectivity index (χ0n) is 31.1. The molecule has 4 radical (unpaired) electrons. The molecular weight excluding hydrogens is 589 g/mol. The summed E-state index contributed by atoms with van der Waals surface area (Å²) in [6.45, 7) is 23.0. The number of rotatable bonds is 17. The van der Waals surface area contributed by atoms with Gasteiger partial charge in [0.25, 0.3) is 0 Å². The highest BCUT2D eigenvalue weighted by Crippen LogP contribution is 2.46. The number of benzene rings is 2. The maximum Gasteiger partial charge on any atom is 0.176 e. The minimum Gasteiger partial charge on any atom is -0.331 e. The second-order valence-corrected chi connectivity index (χ2v) is 18.5. The third kappa shape index (κ3) is 9.90. The van der Waals surface area contributed by atoms with E-state index in [2.05, 4.69) is 116 Å². The van der Waals surface area contributed by atoms with Crippen molar-refractivity contribution in [3.8, 4) is 0 Å². The summed E-state index contributed by atoms with van der Waals surface area (Å²) in [5.41, 5.74) is 12.6. The van der Waals surface area contributed by atoms with Gasteiger partial charge in [0.15, 0.2) is 19.4 Å². The predicted octanol–water partition coefficient (Wildman–Crippen LogP) is 11.4. The third-order valence-corrected chi connectivity index (χ3v) is 13.7. The number of fused-ring (bicyclic) bond motifs is 2. The molecule has 2 unspecified atom stereocenters. The first-order valence-corrected chi connectivity index (χ1v) is 20.5. The Morgan fingerprint density at radius 2 is 0.826 bits per heavy atom. The summed E-state index contributed by atoms with van der Waals surface area (Å²) >= 11 is 0. The molecule has 0 fully saturated rings. The Morgan fingerprint density at radius 1 is 0.500 bits per heavy atom. The number of nitrogens with one attached hydrogen (secondary N) is 2. The van der Waals surface area contributed by atoms with Crippen molar-refractivity contribution in [3.05, 3.63) is 80.2 Å². The Kier molecular flexibility index (Phi) is 13.4. The molecule has 2 aliphatic rings. The molecule has 2 aromatic rings. The van der Waals surface area contributed by atoms with Crippen LogP contribution in [0.2, 0.25) is 0 Å². The fraction of sp³-hybridized carbons (Fsp3) is 0.619. The molecular formula is C42H64N2Si2. The Balaban J connectivity index is 1.13. The van der Waals surface area contributed by atoms with Crippen LogP contribution in [0.5, 0.6) is 0 Å². The van der Waals surface area contributed by atoms with E-state index in [0.717, 1.165) is 0 Å². The number of unbranched alkanes of at least 4 members (excludes halogenated alkanes) is 9. The molecule has 0 bridgehead atoms. The van der Waals surface area contributed by atoms with Crippen molar-refractivity contribution in [2.24, 2.45) is 0 Å². The molecule has 2 aliphatic carbocycles. The Bertz CT molecular complexity index is 1270. The molecule has 46 heavy (non-hydrogen) atoms. The topological polar surface area (TPSA) is 24.1 Å². The summed E-state index contributed by atoms with van der Waals surface area (Å²) in [6.07, 6.45) is 16.5. The van der Waals surface area contributed by atoms with Gasteiger partial charge in [0.2, 0.25) is 0 Å². The van der Waals surface area contributed by atoms with Crippen molar-refractivity contribution in [2.45, 2.75) is 169 Å². The van der Waals surface area contributed by atoms with Gasteiger partial charge in [0, 0.05) is 22.9 Å². The lowest BCUT2D eigenvalue weighted by atomic mass is 9.92. The van der Waals surface area contributed by atoms with Crippen LogP contribution in [0.3, 0.4) is 0 Å². The molecule has 0 aliphatic heterocycles. The smallest absolute Gasteiger partial charge is 0.176 e. The molecule has 4 heteroatoms. The molecule has 0 heterocycles. The SMILES string of the molecule is CC1=C([Si]NC(C)(C)C)C(CCCCCCCCCCCCC2C([Si]NC(C)(C)C)=C(C)c3c(C)cccc32)c2cccc(C)c21. The van der Waals surface area contributed by atoms with Gasteiger partial charge < -0.3 is 9.96 Å². The van der Waals surface area contributed by atoms with Crippen LogP contribution in [-0.4, -0.2) is 30.4 Å². The second kappa shape index (κ2) is 16.6. The van der Waals surface area contributed by atoms with Crippen LogP contribution in [0, 0.1) is 13.8 Å². The minimum absolute atomic E-state index is 0.158. The first-order valence-electron chi connectivity index (χ1n) is 18.5. The van der Waals surface area contributed by atoms with E-state index in [-0.39, 0.29) is 11.1 Å². The normalized spacial score (nSPS) is 18.1. The average molecular weight is 653 g/mol. The largest absolute Gasteiger partial charge is 0.331 e. The molecule has 250 valence electrons. The summed E-state index contributed by atoms with van der Waals surface area (Å²) in [5.74, 6) is 1.21. The van der Waals surface area contributed by atoms with Gasteiger partial charge >= 0.3 is 0 Å². The van der Waals surface area contributed by atoms with Crippen molar-refractivity contribution in [2.75, 3.05) is 0 Å². The average Bonchev–Trinajstić information content (AvgIpc) is 3.41. The van der Waals surface area contributed by atoms with Gasteiger partial charge in [-0.05, 0) is 127 Å². The van der Waals surface area contributed by atoms with E-state index < -0.39 is 0 Å². The fourth-order valence-electron chi connectivity index (χ4n) is 7.67. The van der Waals surface area contributed by atoms with Crippen LogP contribution in [0.4, 0.5) is 0 Å². The Labute approximate surface area is 288 Å². The van der Waals surface area contributed by atoms with Crippen LogP contribution in [0.25, 0.3) is 11.1 Å². The molecule has 4 rings (SSSR count). The van der Waals surface area contributed by atoms with E-state index in [9.17, 15) is 0 Å². The van der Waals surface area contributed by atoms with Crippen molar-refractivity contribution in [3.63, 3.8) is 0 Å². The summed E-state index contributed by atoms with van der Waals surface area (Å²) in [4.78, 5) is 7.64. The first-order chi connectivity index (χ1) is 21.8. The Hall–Kier alpha value is -1.73.